The summed E-state index contributed by atoms with van der Waals surface area (Å²) < 4.78 is 5.58. The van der Waals surface area contributed by atoms with Gasteiger partial charge in [0.2, 0.25) is 0 Å². The number of carbonyl (C=O) groups excluding carboxylic acids is 2. The van der Waals surface area contributed by atoms with Gasteiger partial charge < -0.3 is 10.1 Å². The van der Waals surface area contributed by atoms with Gasteiger partial charge in [-0.3, -0.25) is 9.59 Å². The summed E-state index contributed by atoms with van der Waals surface area (Å²) in [5.74, 6) is 0.162. The predicted octanol–water partition coefficient (Wildman–Crippen LogP) is 3.50. The third-order valence-electron chi connectivity index (χ3n) is 3.56. The van der Waals surface area contributed by atoms with Gasteiger partial charge in [0, 0.05) is 16.9 Å². The highest BCUT2D eigenvalue weighted by Crippen LogP contribution is 2.37. The summed E-state index contributed by atoms with van der Waals surface area (Å²) in [7, 11) is 0. The van der Waals surface area contributed by atoms with Crippen molar-refractivity contribution >= 4 is 30.0 Å². The summed E-state index contributed by atoms with van der Waals surface area (Å²) in [6.45, 7) is 2.27. The van der Waals surface area contributed by atoms with Crippen LogP contribution in [0, 0.1) is 6.92 Å². The molecule has 1 aliphatic heterocycles. The van der Waals surface area contributed by atoms with Gasteiger partial charge in [0.05, 0.1) is 17.9 Å². The van der Waals surface area contributed by atoms with Gasteiger partial charge in [-0.1, -0.05) is 17.7 Å². The molecule has 0 saturated heterocycles. The highest BCUT2D eigenvalue weighted by atomic mass is 32.1. The predicted molar refractivity (Wildman–Crippen MR) is 87.3 cm³/mol. The van der Waals surface area contributed by atoms with E-state index in [2.05, 4.69) is 17.9 Å². The van der Waals surface area contributed by atoms with Crippen molar-refractivity contribution in [3.05, 3.63) is 53.1 Å². The Balaban J connectivity index is 1.95. The summed E-state index contributed by atoms with van der Waals surface area (Å²) in [5, 5.41) is 2.80. The third kappa shape index (κ3) is 2.72. The lowest BCUT2D eigenvalue weighted by Crippen LogP contribution is -2.19. The smallest absolute Gasteiger partial charge is 0.255 e. The van der Waals surface area contributed by atoms with Crippen LogP contribution in [0.3, 0.4) is 0 Å². The van der Waals surface area contributed by atoms with Crippen LogP contribution in [0.4, 0.5) is 5.69 Å². The van der Waals surface area contributed by atoms with E-state index in [9.17, 15) is 9.59 Å². The van der Waals surface area contributed by atoms with Crippen molar-refractivity contribution in [2.75, 3.05) is 11.9 Å². The first-order valence-electron chi connectivity index (χ1n) is 6.96. The van der Waals surface area contributed by atoms with Crippen molar-refractivity contribution in [3.63, 3.8) is 0 Å². The van der Waals surface area contributed by atoms with Gasteiger partial charge >= 0.3 is 0 Å². The van der Waals surface area contributed by atoms with E-state index in [4.69, 9.17) is 4.74 Å². The van der Waals surface area contributed by atoms with Crippen molar-refractivity contribution in [2.24, 2.45) is 0 Å². The van der Waals surface area contributed by atoms with E-state index in [1.165, 1.54) is 0 Å². The molecule has 0 spiro atoms. The number of rotatable bonds is 2. The summed E-state index contributed by atoms with van der Waals surface area (Å²) in [6, 6.07) is 10.6. The fourth-order valence-electron chi connectivity index (χ4n) is 2.33. The van der Waals surface area contributed by atoms with Crippen LogP contribution in [0.5, 0.6) is 5.75 Å². The van der Waals surface area contributed by atoms with E-state index in [0.717, 1.165) is 5.56 Å². The van der Waals surface area contributed by atoms with Crippen LogP contribution in [-0.4, -0.2) is 18.3 Å². The number of anilines is 1. The molecule has 4 nitrogen and oxygen atoms in total. The standard InChI is InChI=1S/C17H15NO3S/c1-10-2-4-11(5-3-10)17(20)18-15-14(22)7-6-12-13(19)8-9-21-16(12)15/h2-7,22H,8-9H2,1H3,(H,18,20). The Kier molecular flexibility index (Phi) is 3.90. The molecule has 0 aliphatic carbocycles. The first-order chi connectivity index (χ1) is 10.6. The number of nitrogens with one attached hydrogen (secondary N) is 1. The second-order valence-corrected chi connectivity index (χ2v) is 5.66. The molecule has 0 unspecified atom stereocenters. The van der Waals surface area contributed by atoms with E-state index in [1.807, 2.05) is 19.1 Å². The van der Waals surface area contributed by atoms with E-state index < -0.39 is 0 Å². The minimum absolute atomic E-state index is 0.0143. The van der Waals surface area contributed by atoms with Crippen molar-refractivity contribution in [2.45, 2.75) is 18.2 Å². The number of amides is 1. The fraction of sp³-hybridized carbons (Fsp3) is 0.176. The van der Waals surface area contributed by atoms with Crippen molar-refractivity contribution in [1.82, 2.24) is 0 Å². The Bertz CT molecular complexity index is 753. The lowest BCUT2D eigenvalue weighted by Gasteiger charge is -2.21. The maximum absolute atomic E-state index is 12.4. The van der Waals surface area contributed by atoms with Gasteiger partial charge in [0.1, 0.15) is 0 Å². The highest BCUT2D eigenvalue weighted by Gasteiger charge is 2.24. The maximum atomic E-state index is 12.4. The van der Waals surface area contributed by atoms with Crippen molar-refractivity contribution in [1.29, 1.82) is 0 Å². The molecule has 5 heteroatoms. The number of carbonyl (C=O) groups is 2. The second-order valence-electron chi connectivity index (χ2n) is 5.18. The average molecular weight is 313 g/mol. The SMILES string of the molecule is Cc1ccc(C(=O)Nc2c(S)ccc3c2OCCC3=O)cc1. The quantitative estimate of drug-likeness (QED) is 0.834. The maximum Gasteiger partial charge on any atom is 0.255 e. The molecule has 22 heavy (non-hydrogen) atoms. The fourth-order valence-corrected chi connectivity index (χ4v) is 2.57. The summed E-state index contributed by atoms with van der Waals surface area (Å²) >= 11 is 4.36. The van der Waals surface area contributed by atoms with Gasteiger partial charge in [-0.05, 0) is 31.2 Å². The Morgan fingerprint density at radius 2 is 1.91 bits per heavy atom. The highest BCUT2D eigenvalue weighted by molar-refractivity contribution is 7.80. The van der Waals surface area contributed by atoms with E-state index in [-0.39, 0.29) is 11.7 Å². The number of hydrogen-bond acceptors (Lipinski definition) is 4. The van der Waals surface area contributed by atoms with Gasteiger partial charge in [0.15, 0.2) is 11.5 Å². The molecule has 1 amide bonds. The Morgan fingerprint density at radius 3 is 2.64 bits per heavy atom. The molecule has 0 atom stereocenters. The molecular formula is C17H15NO3S. The zero-order valence-electron chi connectivity index (χ0n) is 12.1. The van der Waals surface area contributed by atoms with Crippen LogP contribution in [0.1, 0.15) is 32.7 Å². The Labute approximate surface area is 133 Å². The van der Waals surface area contributed by atoms with E-state index in [0.29, 0.717) is 40.5 Å². The number of thiol groups is 1. The van der Waals surface area contributed by atoms with Crippen molar-refractivity contribution < 1.29 is 14.3 Å². The van der Waals surface area contributed by atoms with Crippen LogP contribution < -0.4 is 10.1 Å². The zero-order chi connectivity index (χ0) is 15.7. The number of aryl methyl sites for hydroxylation is 1. The molecule has 0 fully saturated rings. The molecule has 1 N–H and O–H groups in total. The molecule has 0 bridgehead atoms. The Morgan fingerprint density at radius 1 is 1.18 bits per heavy atom. The number of ether oxygens (including phenoxy) is 1. The summed E-state index contributed by atoms with van der Waals surface area (Å²) in [4.78, 5) is 24.8. The monoisotopic (exact) mass is 313 g/mol. The molecule has 1 heterocycles. The van der Waals surface area contributed by atoms with Gasteiger partial charge in [-0.25, -0.2) is 0 Å². The molecule has 112 valence electrons. The van der Waals surface area contributed by atoms with Crippen molar-refractivity contribution in [3.8, 4) is 5.75 Å². The van der Waals surface area contributed by atoms with Crippen LogP contribution in [0.15, 0.2) is 41.3 Å². The normalized spacial score (nSPS) is 13.3. The minimum Gasteiger partial charge on any atom is -0.490 e. The molecule has 1 aliphatic rings. The second kappa shape index (κ2) is 5.85. The lowest BCUT2D eigenvalue weighted by atomic mass is 10.0. The number of fused-ring (bicyclic) bond motifs is 1. The molecule has 0 aromatic heterocycles. The van der Waals surface area contributed by atoms with Crippen LogP contribution in [0.2, 0.25) is 0 Å². The first kappa shape index (κ1) is 14.7. The van der Waals surface area contributed by atoms with Gasteiger partial charge in [-0.2, -0.15) is 0 Å². The number of hydrogen-bond donors (Lipinski definition) is 2. The molecule has 0 saturated carbocycles. The average Bonchev–Trinajstić information content (AvgIpc) is 2.51. The van der Waals surface area contributed by atoms with Crippen LogP contribution in [0.25, 0.3) is 0 Å². The molecule has 3 rings (SSSR count). The van der Waals surface area contributed by atoms with Crippen LogP contribution in [-0.2, 0) is 0 Å². The van der Waals surface area contributed by atoms with E-state index >= 15 is 0 Å². The first-order valence-corrected chi connectivity index (χ1v) is 7.41. The van der Waals surface area contributed by atoms with Crippen LogP contribution >= 0.6 is 12.6 Å². The molecule has 2 aromatic rings. The molecular weight excluding hydrogens is 298 g/mol. The lowest BCUT2D eigenvalue weighted by molar-refractivity contribution is 0.0931. The van der Waals surface area contributed by atoms with E-state index in [1.54, 1.807) is 24.3 Å². The number of benzene rings is 2. The number of Topliss-reactive ketones (excluding diaryl/α,β-unsaturated/α-hetero) is 1. The molecule has 2 aromatic carbocycles. The molecule has 0 radical (unpaired) electrons. The zero-order valence-corrected chi connectivity index (χ0v) is 12.9. The third-order valence-corrected chi connectivity index (χ3v) is 3.94. The summed E-state index contributed by atoms with van der Waals surface area (Å²) in [6.07, 6.45) is 0.351. The topological polar surface area (TPSA) is 55.4 Å². The van der Waals surface area contributed by atoms with Gasteiger partial charge in [0.25, 0.3) is 5.91 Å². The Hall–Kier alpha value is -2.27. The summed E-state index contributed by atoms with van der Waals surface area (Å²) in [5.41, 5.74) is 2.55. The number of ketones is 1. The largest absolute Gasteiger partial charge is 0.490 e. The minimum atomic E-state index is -0.259. The van der Waals surface area contributed by atoms with Gasteiger partial charge in [-0.15, -0.1) is 12.6 Å².